The second kappa shape index (κ2) is 10.8. The summed E-state index contributed by atoms with van der Waals surface area (Å²) in [5.41, 5.74) is -0.0873. The Hall–Kier alpha value is -0.240. The van der Waals surface area contributed by atoms with Gasteiger partial charge in [0.1, 0.15) is 6.17 Å². The summed E-state index contributed by atoms with van der Waals surface area (Å²) in [4.78, 5) is 0. The van der Waals surface area contributed by atoms with Crippen molar-refractivity contribution in [2.24, 2.45) is 23.2 Å². The van der Waals surface area contributed by atoms with E-state index in [2.05, 4.69) is 5.32 Å². The maximum absolute atomic E-state index is 13.6. The van der Waals surface area contributed by atoms with E-state index in [9.17, 15) is 12.8 Å². The van der Waals surface area contributed by atoms with E-state index < -0.39 is 16.2 Å². The van der Waals surface area contributed by atoms with Gasteiger partial charge in [-0.3, -0.25) is 0 Å². The molecule has 5 nitrogen and oxygen atoms in total. The molecule has 0 amide bonds. The third-order valence-corrected chi connectivity index (χ3v) is 11.0. The van der Waals surface area contributed by atoms with E-state index in [1.807, 2.05) is 0 Å². The first-order valence-electron chi connectivity index (χ1n) is 13.2. The second-order valence-corrected chi connectivity index (χ2v) is 14.1. The van der Waals surface area contributed by atoms with Crippen molar-refractivity contribution in [3.8, 4) is 0 Å². The van der Waals surface area contributed by atoms with Gasteiger partial charge in [-0.1, -0.05) is 32.1 Å². The van der Waals surface area contributed by atoms with Gasteiger partial charge in [-0.15, -0.1) is 11.6 Å². The zero-order valence-electron chi connectivity index (χ0n) is 20.2. The van der Waals surface area contributed by atoms with E-state index in [0.717, 1.165) is 38.5 Å². The predicted octanol–water partition coefficient (Wildman–Crippen LogP) is 5.13. The van der Waals surface area contributed by atoms with E-state index in [1.54, 1.807) is 10.5 Å². The summed E-state index contributed by atoms with van der Waals surface area (Å²) in [5, 5.41) is 11.9. The Morgan fingerprint density at radius 2 is 1.82 bits per heavy atom. The van der Waals surface area contributed by atoms with Crippen LogP contribution in [0.4, 0.5) is 4.39 Å². The Balaban J connectivity index is 1.50. The van der Waals surface area contributed by atoms with Crippen LogP contribution in [-0.2, 0) is 10.0 Å². The van der Waals surface area contributed by atoms with E-state index in [0.29, 0.717) is 37.9 Å². The monoisotopic (exact) mass is 503 g/mol. The molecule has 33 heavy (non-hydrogen) atoms. The molecular weight excluding hydrogens is 461 g/mol. The average Bonchev–Trinajstić information content (AvgIpc) is 3.21. The van der Waals surface area contributed by atoms with Crippen LogP contribution >= 0.6 is 11.6 Å². The highest BCUT2D eigenvalue weighted by molar-refractivity contribution is 7.88. The van der Waals surface area contributed by atoms with Crippen LogP contribution < -0.4 is 5.32 Å². The lowest BCUT2D eigenvalue weighted by molar-refractivity contribution is 0.0679. The van der Waals surface area contributed by atoms with Gasteiger partial charge >= 0.3 is 0 Å². The Morgan fingerprint density at radius 3 is 2.42 bits per heavy atom. The van der Waals surface area contributed by atoms with Gasteiger partial charge in [0.25, 0.3) is 0 Å². The van der Waals surface area contributed by atoms with Crippen LogP contribution in [0.1, 0.15) is 83.5 Å². The van der Waals surface area contributed by atoms with Gasteiger partial charge in [-0.2, -0.15) is 0 Å². The summed E-state index contributed by atoms with van der Waals surface area (Å²) in [6.45, 7) is 1.18. The summed E-state index contributed by atoms with van der Waals surface area (Å²) in [6, 6.07) is 0.467. The molecule has 4 aliphatic rings. The van der Waals surface area contributed by atoms with Crippen molar-refractivity contribution in [3.05, 3.63) is 0 Å². The standard InChI is InChI=1S/C25H43ClFN3O2S/c1-33(31,32)30-12-11-25(17-30,15-18-5-3-2-4-6-18)22-13-19(16-28)24(14-23(22)26)29-21-9-7-20(27)8-10-21/h16,18-24,28-29H,2-15,17H2,1H3. The molecule has 4 fully saturated rings. The molecule has 0 spiro atoms. The SMILES string of the molecule is CS(=O)(=O)N1CCC(CC2CCCCC2)(C2CC(C=N)C(NC3CCC(F)CC3)CC2Cl)C1. The van der Waals surface area contributed by atoms with E-state index in [4.69, 9.17) is 17.0 Å². The summed E-state index contributed by atoms with van der Waals surface area (Å²) in [6.07, 6.45) is 15.2. The highest BCUT2D eigenvalue weighted by atomic mass is 35.5. The van der Waals surface area contributed by atoms with Gasteiger partial charge in [0.15, 0.2) is 0 Å². The Bertz CT molecular complexity index is 770. The maximum atomic E-state index is 13.6. The minimum atomic E-state index is -3.22. The summed E-state index contributed by atoms with van der Waals surface area (Å²) in [7, 11) is -3.22. The van der Waals surface area contributed by atoms with Crippen LogP contribution in [0.5, 0.6) is 0 Å². The molecule has 5 unspecified atom stereocenters. The fourth-order valence-corrected chi connectivity index (χ4v) is 8.92. The first kappa shape index (κ1) is 25.8. The normalized spacial score (nSPS) is 41.8. The van der Waals surface area contributed by atoms with Crippen molar-refractivity contribution in [2.75, 3.05) is 19.3 Å². The molecule has 0 radical (unpaired) electrons. The number of nitrogens with zero attached hydrogens (tertiary/aromatic N) is 1. The first-order chi connectivity index (χ1) is 15.7. The molecule has 1 heterocycles. The number of halogens is 2. The second-order valence-electron chi connectivity index (χ2n) is 11.6. The number of alkyl halides is 2. The van der Waals surface area contributed by atoms with Crippen LogP contribution in [0.15, 0.2) is 0 Å². The highest BCUT2D eigenvalue weighted by Crippen LogP contribution is 2.53. The minimum Gasteiger partial charge on any atom is -0.313 e. The quantitative estimate of drug-likeness (QED) is 0.373. The zero-order chi connectivity index (χ0) is 23.6. The van der Waals surface area contributed by atoms with E-state index in [1.165, 1.54) is 38.4 Å². The number of sulfonamides is 1. The fourth-order valence-electron chi connectivity index (χ4n) is 7.44. The van der Waals surface area contributed by atoms with Crippen LogP contribution in [0, 0.1) is 28.6 Å². The summed E-state index contributed by atoms with van der Waals surface area (Å²) in [5.74, 6) is 0.981. The van der Waals surface area contributed by atoms with Gasteiger partial charge in [0, 0.05) is 36.5 Å². The largest absolute Gasteiger partial charge is 0.313 e. The molecule has 5 atom stereocenters. The van der Waals surface area contributed by atoms with Gasteiger partial charge in [0.2, 0.25) is 10.0 Å². The summed E-state index contributed by atoms with van der Waals surface area (Å²) < 4.78 is 40.1. The molecule has 3 aliphatic carbocycles. The molecule has 0 aromatic heterocycles. The molecule has 8 heteroatoms. The predicted molar refractivity (Wildman–Crippen MR) is 133 cm³/mol. The first-order valence-corrected chi connectivity index (χ1v) is 15.5. The van der Waals surface area contributed by atoms with Crippen LogP contribution in [0.3, 0.4) is 0 Å². The van der Waals surface area contributed by atoms with Crippen molar-refractivity contribution in [1.82, 2.24) is 9.62 Å². The third-order valence-electron chi connectivity index (χ3n) is 9.31. The number of rotatable bonds is 7. The molecule has 4 rings (SSSR count). The number of hydrogen-bond donors (Lipinski definition) is 2. The Kier molecular flexibility index (Phi) is 8.45. The van der Waals surface area contributed by atoms with E-state index >= 15 is 0 Å². The topological polar surface area (TPSA) is 73.3 Å². The van der Waals surface area contributed by atoms with Crippen molar-refractivity contribution < 1.29 is 12.8 Å². The lowest BCUT2D eigenvalue weighted by Crippen LogP contribution is -2.53. The fraction of sp³-hybridized carbons (Fsp3) is 0.960. The smallest absolute Gasteiger partial charge is 0.211 e. The average molecular weight is 504 g/mol. The summed E-state index contributed by atoms with van der Waals surface area (Å²) >= 11 is 7.15. The lowest BCUT2D eigenvalue weighted by atomic mass is 9.60. The minimum absolute atomic E-state index is 0.0284. The van der Waals surface area contributed by atoms with Crippen LogP contribution in [0.2, 0.25) is 0 Å². The van der Waals surface area contributed by atoms with E-state index in [-0.39, 0.29) is 28.7 Å². The van der Waals surface area contributed by atoms with Gasteiger partial charge in [0.05, 0.1) is 6.26 Å². The molecule has 0 aromatic carbocycles. The van der Waals surface area contributed by atoms with Gasteiger partial charge < -0.3 is 10.7 Å². The highest BCUT2D eigenvalue weighted by Gasteiger charge is 2.52. The molecule has 3 saturated carbocycles. The van der Waals surface area contributed by atoms with Crippen molar-refractivity contribution >= 4 is 27.8 Å². The Labute approximate surface area is 205 Å². The van der Waals surface area contributed by atoms with Crippen molar-refractivity contribution in [1.29, 1.82) is 5.41 Å². The molecule has 1 aliphatic heterocycles. The molecule has 0 bridgehead atoms. The molecular formula is C25H43ClFN3O2S. The van der Waals surface area contributed by atoms with Gasteiger partial charge in [-0.25, -0.2) is 17.1 Å². The lowest BCUT2D eigenvalue weighted by Gasteiger charge is -2.49. The molecule has 2 N–H and O–H groups in total. The molecule has 0 aromatic rings. The third kappa shape index (κ3) is 6.13. The number of nitrogens with one attached hydrogen (secondary N) is 2. The molecule has 1 saturated heterocycles. The van der Waals surface area contributed by atoms with Crippen molar-refractivity contribution in [2.45, 2.75) is 107 Å². The van der Waals surface area contributed by atoms with Crippen molar-refractivity contribution in [3.63, 3.8) is 0 Å². The Morgan fingerprint density at radius 1 is 1.12 bits per heavy atom. The zero-order valence-corrected chi connectivity index (χ0v) is 21.7. The molecule has 190 valence electrons. The maximum Gasteiger partial charge on any atom is 0.211 e. The van der Waals surface area contributed by atoms with Crippen LogP contribution in [-0.4, -0.2) is 61.9 Å². The number of hydrogen-bond acceptors (Lipinski definition) is 4. The van der Waals surface area contributed by atoms with Crippen LogP contribution in [0.25, 0.3) is 0 Å². The van der Waals surface area contributed by atoms with Gasteiger partial charge in [-0.05, 0) is 74.8 Å².